The number of benzene rings is 1. The minimum absolute atomic E-state index is 0.296. The summed E-state index contributed by atoms with van der Waals surface area (Å²) in [6, 6.07) is 5.77. The molecule has 5 N–H and O–H groups in total. The lowest BCUT2D eigenvalue weighted by Gasteiger charge is -2.22. The molecule has 0 bridgehead atoms. The summed E-state index contributed by atoms with van der Waals surface area (Å²) in [6.45, 7) is 0.484. The molecule has 2 rings (SSSR count). The van der Waals surface area contributed by atoms with Gasteiger partial charge in [-0.1, -0.05) is 6.07 Å². The number of primary amides is 1. The molecule has 1 aliphatic rings. The first-order valence-corrected chi connectivity index (χ1v) is 6.44. The van der Waals surface area contributed by atoms with Gasteiger partial charge in [-0.15, -0.1) is 0 Å². The molecule has 1 heterocycles. The Morgan fingerprint density at radius 2 is 2.10 bits per heavy atom. The molecule has 1 aromatic rings. The van der Waals surface area contributed by atoms with Gasteiger partial charge >= 0.3 is 6.09 Å². The maximum absolute atomic E-state index is 12.4. The van der Waals surface area contributed by atoms with E-state index in [1.54, 1.807) is 18.2 Å². The summed E-state index contributed by atoms with van der Waals surface area (Å²) >= 11 is 0. The highest BCUT2D eigenvalue weighted by atomic mass is 16.4. The van der Waals surface area contributed by atoms with Crippen molar-refractivity contribution in [1.82, 2.24) is 10.3 Å². The van der Waals surface area contributed by atoms with E-state index in [0.717, 1.165) is 6.42 Å². The number of hydrogen-bond acceptors (Lipinski definition) is 4. The van der Waals surface area contributed by atoms with Crippen molar-refractivity contribution in [2.45, 2.75) is 18.9 Å². The highest BCUT2D eigenvalue weighted by Crippen LogP contribution is 2.21. The number of nitrogens with two attached hydrogens (primary N) is 1. The lowest BCUT2D eigenvalue weighted by molar-refractivity contribution is -0.121. The van der Waals surface area contributed by atoms with Crippen LogP contribution in [0.3, 0.4) is 0 Å². The first kappa shape index (κ1) is 14.6. The van der Waals surface area contributed by atoms with Crippen molar-refractivity contribution >= 4 is 23.6 Å². The lowest BCUT2D eigenvalue weighted by atomic mass is 10.1. The van der Waals surface area contributed by atoms with E-state index in [-0.39, 0.29) is 5.91 Å². The predicted molar refractivity (Wildman–Crippen MR) is 74.5 cm³/mol. The molecule has 1 fully saturated rings. The summed E-state index contributed by atoms with van der Waals surface area (Å²) in [5, 5.41) is 8.52. The Hall–Kier alpha value is -2.77. The molecule has 0 aromatic heterocycles. The predicted octanol–water partition coefficient (Wildman–Crippen LogP) is 0.371. The third-order valence-corrected chi connectivity index (χ3v) is 3.27. The van der Waals surface area contributed by atoms with E-state index in [4.69, 9.17) is 10.8 Å². The second-order valence-corrected chi connectivity index (χ2v) is 4.69. The van der Waals surface area contributed by atoms with Gasteiger partial charge in [0.1, 0.15) is 6.04 Å². The molecule has 0 spiro atoms. The molecule has 21 heavy (non-hydrogen) atoms. The van der Waals surface area contributed by atoms with Gasteiger partial charge in [0.2, 0.25) is 5.91 Å². The number of carbonyl (C=O) groups excluding carboxylic acids is 2. The van der Waals surface area contributed by atoms with Crippen LogP contribution < -0.4 is 16.6 Å². The van der Waals surface area contributed by atoms with Gasteiger partial charge in [0, 0.05) is 12.1 Å². The zero-order valence-corrected chi connectivity index (χ0v) is 11.2. The number of hydrazine groups is 1. The van der Waals surface area contributed by atoms with E-state index in [0.29, 0.717) is 24.2 Å². The molecule has 1 saturated heterocycles. The van der Waals surface area contributed by atoms with Crippen molar-refractivity contribution in [3.63, 3.8) is 0 Å². The van der Waals surface area contributed by atoms with E-state index in [2.05, 4.69) is 5.43 Å². The minimum Gasteiger partial charge on any atom is -0.464 e. The number of amides is 3. The maximum atomic E-state index is 12.4. The van der Waals surface area contributed by atoms with Crippen LogP contribution in [0.5, 0.6) is 0 Å². The van der Waals surface area contributed by atoms with Crippen LogP contribution in [0.15, 0.2) is 24.3 Å². The summed E-state index contributed by atoms with van der Waals surface area (Å²) in [6.07, 6.45) is 0.0670. The first-order chi connectivity index (χ1) is 9.99. The summed E-state index contributed by atoms with van der Waals surface area (Å²) < 4.78 is 0. The van der Waals surface area contributed by atoms with Crippen LogP contribution in [0.4, 0.5) is 10.5 Å². The van der Waals surface area contributed by atoms with E-state index < -0.39 is 18.0 Å². The third kappa shape index (κ3) is 3.41. The Kier molecular flexibility index (Phi) is 4.27. The van der Waals surface area contributed by atoms with Crippen molar-refractivity contribution in [2.75, 3.05) is 12.0 Å². The average molecular weight is 292 g/mol. The molecule has 3 amide bonds. The molecular formula is C13H16N4O4. The van der Waals surface area contributed by atoms with Gasteiger partial charge in [0.25, 0.3) is 5.91 Å². The molecule has 0 radical (unpaired) electrons. The molecule has 1 atom stereocenters. The monoisotopic (exact) mass is 292 g/mol. The van der Waals surface area contributed by atoms with Crippen LogP contribution in [0.2, 0.25) is 0 Å². The van der Waals surface area contributed by atoms with Crippen LogP contribution in [-0.2, 0) is 4.79 Å². The molecule has 0 saturated carbocycles. The number of carbonyl (C=O) groups is 3. The van der Waals surface area contributed by atoms with Crippen LogP contribution in [-0.4, -0.2) is 40.5 Å². The molecule has 8 nitrogen and oxygen atoms in total. The van der Waals surface area contributed by atoms with E-state index in [1.165, 1.54) is 11.0 Å². The Bertz CT molecular complexity index is 575. The summed E-state index contributed by atoms with van der Waals surface area (Å²) in [5.41, 5.74) is 10.5. The zero-order chi connectivity index (χ0) is 15.4. The van der Waals surface area contributed by atoms with Crippen molar-refractivity contribution in [2.24, 2.45) is 5.73 Å². The topological polar surface area (TPSA) is 125 Å². The SMILES string of the molecule is NC(=O)[C@H]1CCCN1C(=O)c1cccc(NNC(=O)O)c1. The normalized spacial score (nSPS) is 17.3. The van der Waals surface area contributed by atoms with Crippen molar-refractivity contribution < 1.29 is 19.5 Å². The fourth-order valence-corrected chi connectivity index (χ4v) is 2.33. The van der Waals surface area contributed by atoms with Gasteiger partial charge in [0.15, 0.2) is 0 Å². The Labute approximate surface area is 120 Å². The second kappa shape index (κ2) is 6.12. The number of likely N-dealkylation sites (tertiary alicyclic amines) is 1. The van der Waals surface area contributed by atoms with Crippen LogP contribution >= 0.6 is 0 Å². The van der Waals surface area contributed by atoms with Gasteiger partial charge in [-0.25, -0.2) is 10.2 Å². The van der Waals surface area contributed by atoms with Gasteiger partial charge in [0.05, 0.1) is 5.69 Å². The van der Waals surface area contributed by atoms with Gasteiger partial charge in [-0.05, 0) is 31.0 Å². The van der Waals surface area contributed by atoms with Gasteiger partial charge in [-0.2, -0.15) is 0 Å². The molecule has 112 valence electrons. The molecule has 1 aromatic carbocycles. The van der Waals surface area contributed by atoms with Crippen LogP contribution in [0, 0.1) is 0 Å². The quantitative estimate of drug-likeness (QED) is 0.597. The fourth-order valence-electron chi connectivity index (χ4n) is 2.33. The summed E-state index contributed by atoms with van der Waals surface area (Å²) in [4.78, 5) is 35.6. The number of nitrogens with zero attached hydrogens (tertiary/aromatic N) is 1. The van der Waals surface area contributed by atoms with Gasteiger partial charge in [-0.3, -0.25) is 15.0 Å². The minimum atomic E-state index is -1.24. The highest BCUT2D eigenvalue weighted by Gasteiger charge is 2.33. The Balaban J connectivity index is 2.13. The number of carboxylic acid groups (broad SMARTS) is 1. The zero-order valence-electron chi connectivity index (χ0n) is 11.2. The largest absolute Gasteiger partial charge is 0.464 e. The number of nitrogens with one attached hydrogen (secondary N) is 2. The second-order valence-electron chi connectivity index (χ2n) is 4.69. The van der Waals surface area contributed by atoms with Crippen molar-refractivity contribution in [1.29, 1.82) is 0 Å². The van der Waals surface area contributed by atoms with Crippen LogP contribution in [0.25, 0.3) is 0 Å². The van der Waals surface area contributed by atoms with Crippen molar-refractivity contribution in [3.05, 3.63) is 29.8 Å². The summed E-state index contributed by atoms with van der Waals surface area (Å²) in [7, 11) is 0. The fraction of sp³-hybridized carbons (Fsp3) is 0.308. The Morgan fingerprint density at radius 3 is 2.76 bits per heavy atom. The third-order valence-electron chi connectivity index (χ3n) is 3.27. The average Bonchev–Trinajstić information content (AvgIpc) is 2.94. The first-order valence-electron chi connectivity index (χ1n) is 6.44. The van der Waals surface area contributed by atoms with Crippen LogP contribution in [0.1, 0.15) is 23.2 Å². The standard InChI is InChI=1S/C13H16N4O4/c14-11(18)10-5-2-6-17(10)12(19)8-3-1-4-9(7-8)15-16-13(20)21/h1,3-4,7,10,15-16H,2,5-6H2,(H2,14,18)(H,20,21)/t10-/m1/s1. The van der Waals surface area contributed by atoms with Gasteiger partial charge < -0.3 is 15.7 Å². The Morgan fingerprint density at radius 1 is 1.33 bits per heavy atom. The molecule has 8 heteroatoms. The van der Waals surface area contributed by atoms with E-state index in [1.807, 2.05) is 5.43 Å². The maximum Gasteiger partial charge on any atom is 0.423 e. The highest BCUT2D eigenvalue weighted by molar-refractivity contribution is 5.98. The smallest absolute Gasteiger partial charge is 0.423 e. The van der Waals surface area contributed by atoms with E-state index >= 15 is 0 Å². The molecule has 1 aliphatic heterocycles. The van der Waals surface area contributed by atoms with Crippen molar-refractivity contribution in [3.8, 4) is 0 Å². The number of hydrogen-bond donors (Lipinski definition) is 4. The molecule has 0 unspecified atom stereocenters. The summed E-state index contributed by atoms with van der Waals surface area (Å²) in [5.74, 6) is -0.807. The number of anilines is 1. The lowest BCUT2D eigenvalue weighted by Crippen LogP contribution is -2.43. The molecule has 0 aliphatic carbocycles. The molecular weight excluding hydrogens is 276 g/mol. The number of rotatable bonds is 4. The van der Waals surface area contributed by atoms with E-state index in [9.17, 15) is 14.4 Å².